The number of ether oxygens (including phenoxy) is 1. The number of amides is 1. The molecule has 25 heavy (non-hydrogen) atoms. The number of nitrogens with zero attached hydrogens (tertiary/aromatic N) is 2. The summed E-state index contributed by atoms with van der Waals surface area (Å²) in [6.07, 6.45) is 0.254. The molecule has 0 saturated carbocycles. The van der Waals surface area contributed by atoms with Gasteiger partial charge >= 0.3 is 6.01 Å². The fourth-order valence-electron chi connectivity index (χ4n) is 2.47. The van der Waals surface area contributed by atoms with E-state index >= 15 is 0 Å². The summed E-state index contributed by atoms with van der Waals surface area (Å²) in [5.41, 5.74) is 3.89. The van der Waals surface area contributed by atoms with Crippen LogP contribution in [-0.4, -0.2) is 23.2 Å². The van der Waals surface area contributed by atoms with Crippen molar-refractivity contribution < 1.29 is 13.9 Å². The lowest BCUT2D eigenvalue weighted by atomic mass is 10.0. The minimum absolute atomic E-state index is 0.0770. The van der Waals surface area contributed by atoms with Crippen molar-refractivity contribution in [2.24, 2.45) is 0 Å². The van der Waals surface area contributed by atoms with E-state index in [0.29, 0.717) is 11.6 Å². The Morgan fingerprint density at radius 3 is 2.80 bits per heavy atom. The number of rotatable bonds is 5. The van der Waals surface area contributed by atoms with Gasteiger partial charge in [0, 0.05) is 5.56 Å². The van der Waals surface area contributed by atoms with Gasteiger partial charge in [-0.1, -0.05) is 34.9 Å². The van der Waals surface area contributed by atoms with Gasteiger partial charge in [0.2, 0.25) is 11.8 Å². The molecule has 6 heteroatoms. The summed E-state index contributed by atoms with van der Waals surface area (Å²) in [5.74, 6) is 0.812. The standard InChI is InChI=1S/C19H19N3O3/c1-12-7-8-13(2)15(9-12)11-17(23)20-19-22-21-18(25-19)14-5-4-6-16(10-14)24-3/h4-10H,11H2,1-3H3,(H,20,22,23). The highest BCUT2D eigenvalue weighted by molar-refractivity contribution is 5.90. The molecule has 3 rings (SSSR count). The van der Waals surface area contributed by atoms with E-state index in [4.69, 9.17) is 9.15 Å². The van der Waals surface area contributed by atoms with Crippen LogP contribution in [0, 0.1) is 13.8 Å². The summed E-state index contributed by atoms with van der Waals surface area (Å²) in [5, 5.41) is 10.5. The zero-order valence-electron chi connectivity index (χ0n) is 14.4. The second kappa shape index (κ2) is 7.17. The monoisotopic (exact) mass is 337 g/mol. The first kappa shape index (κ1) is 16.7. The van der Waals surface area contributed by atoms with Crippen LogP contribution < -0.4 is 10.1 Å². The van der Waals surface area contributed by atoms with Crippen molar-refractivity contribution in [2.75, 3.05) is 12.4 Å². The first-order valence-corrected chi connectivity index (χ1v) is 7.89. The lowest BCUT2D eigenvalue weighted by Gasteiger charge is -2.06. The number of hydrogen-bond donors (Lipinski definition) is 1. The van der Waals surface area contributed by atoms with E-state index < -0.39 is 0 Å². The molecular formula is C19H19N3O3. The van der Waals surface area contributed by atoms with Gasteiger partial charge in [-0.3, -0.25) is 10.1 Å². The first-order valence-electron chi connectivity index (χ1n) is 7.89. The molecule has 0 fully saturated rings. The minimum atomic E-state index is -0.199. The second-order valence-corrected chi connectivity index (χ2v) is 5.80. The van der Waals surface area contributed by atoms with Gasteiger partial charge in [0.05, 0.1) is 13.5 Å². The van der Waals surface area contributed by atoms with Gasteiger partial charge in [0.25, 0.3) is 0 Å². The molecule has 0 aliphatic heterocycles. The molecule has 0 aliphatic rings. The van der Waals surface area contributed by atoms with Crippen molar-refractivity contribution >= 4 is 11.9 Å². The smallest absolute Gasteiger partial charge is 0.322 e. The van der Waals surface area contributed by atoms with Crippen LogP contribution in [0.15, 0.2) is 46.9 Å². The van der Waals surface area contributed by atoms with Crippen LogP contribution in [-0.2, 0) is 11.2 Å². The van der Waals surface area contributed by atoms with E-state index in [0.717, 1.165) is 22.3 Å². The number of nitrogens with one attached hydrogen (secondary N) is 1. The summed E-state index contributed by atoms with van der Waals surface area (Å²) >= 11 is 0. The van der Waals surface area contributed by atoms with E-state index in [1.54, 1.807) is 13.2 Å². The molecule has 0 radical (unpaired) electrons. The molecule has 1 amide bonds. The van der Waals surface area contributed by atoms with Crippen LogP contribution in [0.3, 0.4) is 0 Å². The molecule has 0 unspecified atom stereocenters. The summed E-state index contributed by atoms with van der Waals surface area (Å²) in [7, 11) is 1.59. The topological polar surface area (TPSA) is 77.3 Å². The van der Waals surface area contributed by atoms with Crippen LogP contribution in [0.2, 0.25) is 0 Å². The number of anilines is 1. The quantitative estimate of drug-likeness (QED) is 0.770. The van der Waals surface area contributed by atoms with Crippen molar-refractivity contribution in [1.82, 2.24) is 10.2 Å². The Hall–Kier alpha value is -3.15. The van der Waals surface area contributed by atoms with Gasteiger partial charge in [0.15, 0.2) is 0 Å². The Morgan fingerprint density at radius 2 is 2.00 bits per heavy atom. The zero-order chi connectivity index (χ0) is 17.8. The van der Waals surface area contributed by atoms with Crippen LogP contribution in [0.1, 0.15) is 16.7 Å². The molecule has 128 valence electrons. The molecule has 0 bridgehead atoms. The highest BCUT2D eigenvalue weighted by Crippen LogP contribution is 2.24. The molecule has 3 aromatic rings. The number of methoxy groups -OCH3 is 1. The molecule has 0 spiro atoms. The normalized spacial score (nSPS) is 10.5. The van der Waals surface area contributed by atoms with Crippen molar-refractivity contribution in [3.8, 4) is 17.2 Å². The molecule has 0 aliphatic carbocycles. The Kier molecular flexibility index (Phi) is 4.79. The maximum absolute atomic E-state index is 12.2. The van der Waals surface area contributed by atoms with Crippen LogP contribution in [0.25, 0.3) is 11.5 Å². The van der Waals surface area contributed by atoms with Gasteiger partial charge in [0.1, 0.15) is 5.75 Å². The zero-order valence-corrected chi connectivity index (χ0v) is 14.4. The SMILES string of the molecule is COc1cccc(-c2nnc(NC(=O)Cc3cc(C)ccc3C)o2)c1. The molecule has 2 aromatic carbocycles. The van der Waals surface area contributed by atoms with Crippen LogP contribution in [0.4, 0.5) is 6.01 Å². The highest BCUT2D eigenvalue weighted by atomic mass is 16.5. The first-order chi connectivity index (χ1) is 12.0. The number of carbonyl (C=O) groups is 1. The lowest BCUT2D eigenvalue weighted by molar-refractivity contribution is -0.115. The third kappa shape index (κ3) is 4.03. The van der Waals surface area contributed by atoms with Gasteiger partial charge < -0.3 is 9.15 Å². The maximum atomic E-state index is 12.2. The summed E-state index contributed by atoms with van der Waals surface area (Å²) in [6.45, 7) is 3.98. The average Bonchev–Trinajstić information content (AvgIpc) is 3.06. The summed E-state index contributed by atoms with van der Waals surface area (Å²) in [6, 6.07) is 13.4. The average molecular weight is 337 g/mol. The highest BCUT2D eigenvalue weighted by Gasteiger charge is 2.13. The Bertz CT molecular complexity index is 902. The Balaban J connectivity index is 1.70. The number of aryl methyl sites for hydroxylation is 2. The van der Waals surface area contributed by atoms with Gasteiger partial charge in [-0.2, -0.15) is 0 Å². The fourth-order valence-corrected chi connectivity index (χ4v) is 2.47. The van der Waals surface area contributed by atoms with E-state index in [2.05, 4.69) is 15.5 Å². The number of aromatic nitrogens is 2. The predicted molar refractivity (Wildman–Crippen MR) is 94.5 cm³/mol. The second-order valence-electron chi connectivity index (χ2n) is 5.80. The number of hydrogen-bond acceptors (Lipinski definition) is 5. The van der Waals surface area contributed by atoms with E-state index in [1.807, 2.05) is 50.2 Å². The fraction of sp³-hybridized carbons (Fsp3) is 0.211. The Labute approximate surface area is 145 Å². The molecule has 0 atom stereocenters. The van der Waals surface area contributed by atoms with Gasteiger partial charge in [-0.15, -0.1) is 5.10 Å². The Morgan fingerprint density at radius 1 is 1.16 bits per heavy atom. The lowest BCUT2D eigenvalue weighted by Crippen LogP contribution is -2.15. The van der Waals surface area contributed by atoms with E-state index in [1.165, 1.54) is 0 Å². The minimum Gasteiger partial charge on any atom is -0.497 e. The van der Waals surface area contributed by atoms with Crippen molar-refractivity contribution in [1.29, 1.82) is 0 Å². The molecule has 0 saturated heterocycles. The number of benzene rings is 2. The predicted octanol–water partition coefficient (Wildman–Crippen LogP) is 3.54. The van der Waals surface area contributed by atoms with Crippen LogP contribution >= 0.6 is 0 Å². The molecule has 6 nitrogen and oxygen atoms in total. The van der Waals surface area contributed by atoms with Crippen molar-refractivity contribution in [2.45, 2.75) is 20.3 Å². The molecule has 1 aromatic heterocycles. The van der Waals surface area contributed by atoms with Crippen molar-refractivity contribution in [3.63, 3.8) is 0 Å². The van der Waals surface area contributed by atoms with Crippen molar-refractivity contribution in [3.05, 3.63) is 59.2 Å². The number of carbonyl (C=O) groups excluding carboxylic acids is 1. The van der Waals surface area contributed by atoms with E-state index in [-0.39, 0.29) is 18.3 Å². The third-order valence-corrected chi connectivity index (χ3v) is 3.84. The third-order valence-electron chi connectivity index (χ3n) is 3.84. The largest absolute Gasteiger partial charge is 0.497 e. The van der Waals surface area contributed by atoms with Crippen LogP contribution in [0.5, 0.6) is 5.75 Å². The summed E-state index contributed by atoms with van der Waals surface area (Å²) in [4.78, 5) is 12.2. The molecule has 1 N–H and O–H groups in total. The molecule has 1 heterocycles. The maximum Gasteiger partial charge on any atom is 0.322 e. The summed E-state index contributed by atoms with van der Waals surface area (Å²) < 4.78 is 10.7. The molecular weight excluding hydrogens is 318 g/mol. The van der Waals surface area contributed by atoms with E-state index in [9.17, 15) is 4.79 Å². The van der Waals surface area contributed by atoms with Gasteiger partial charge in [-0.05, 0) is 43.2 Å². The van der Waals surface area contributed by atoms with Gasteiger partial charge in [-0.25, -0.2) is 0 Å².